The molecule has 0 atom stereocenters. The van der Waals surface area contributed by atoms with Gasteiger partial charge in [0.15, 0.2) is 6.54 Å². The molecule has 5 amide bonds. The molecule has 1 heterocycles. The molecule has 1 aliphatic rings. The summed E-state index contributed by atoms with van der Waals surface area (Å²) in [5, 5.41) is 8.11. The van der Waals surface area contributed by atoms with Crippen molar-refractivity contribution in [1.82, 2.24) is 20.9 Å². The fourth-order valence-corrected chi connectivity index (χ4v) is 2.71. The first-order valence-electron chi connectivity index (χ1n) is 9.02. The quantitative estimate of drug-likeness (QED) is 0.212. The number of rotatable bonds is 10. The summed E-state index contributed by atoms with van der Waals surface area (Å²) < 4.78 is 0.463. The van der Waals surface area contributed by atoms with Crippen LogP contribution in [0.4, 0.5) is 4.79 Å². The van der Waals surface area contributed by atoms with Crippen molar-refractivity contribution in [3.8, 4) is 0 Å². The molecule has 160 valence electrons. The van der Waals surface area contributed by atoms with Crippen LogP contribution in [0.5, 0.6) is 0 Å². The minimum atomic E-state index is -0.903. The van der Waals surface area contributed by atoms with E-state index < -0.39 is 11.6 Å². The number of carbonyl (C=O) groups is 4. The summed E-state index contributed by atoms with van der Waals surface area (Å²) in [6, 6.07) is -0.438. The Morgan fingerprint density at radius 3 is 2.29 bits per heavy atom. The number of urea groups is 1. The zero-order valence-electron chi connectivity index (χ0n) is 17.0. The number of nitrogens with zero attached hydrogens (tertiary/aromatic N) is 2. The Hall–Kier alpha value is -2.42. The Morgan fingerprint density at radius 1 is 1.18 bits per heavy atom. The van der Waals surface area contributed by atoms with Crippen LogP contribution in [0.2, 0.25) is 0 Å². The Labute approximate surface area is 168 Å². The lowest BCUT2D eigenvalue weighted by Crippen LogP contribution is -2.49. The van der Waals surface area contributed by atoms with Gasteiger partial charge in [-0.2, -0.15) is 0 Å². The van der Waals surface area contributed by atoms with Crippen molar-refractivity contribution < 1.29 is 23.7 Å². The van der Waals surface area contributed by atoms with E-state index in [-0.39, 0.29) is 44.8 Å². The highest BCUT2D eigenvalue weighted by atomic mass is 16.2. The molecule has 0 bridgehead atoms. The van der Waals surface area contributed by atoms with Crippen LogP contribution >= 0.6 is 0 Å². The van der Waals surface area contributed by atoms with Crippen LogP contribution in [-0.4, -0.2) is 85.5 Å². The minimum absolute atomic E-state index is 0. The van der Waals surface area contributed by atoms with Gasteiger partial charge >= 0.3 is 6.03 Å². The molecule has 1 saturated heterocycles. The number of quaternary nitrogens is 1. The van der Waals surface area contributed by atoms with Gasteiger partial charge in [-0.05, 0) is 20.8 Å². The maximum absolute atomic E-state index is 12.1. The number of amides is 5. The summed E-state index contributed by atoms with van der Waals surface area (Å²) in [4.78, 5) is 48.5. The molecule has 0 aliphatic carbocycles. The molecule has 0 spiro atoms. The van der Waals surface area contributed by atoms with Gasteiger partial charge in [0.1, 0.15) is 5.54 Å². The molecule has 9 nitrogen and oxygen atoms in total. The van der Waals surface area contributed by atoms with Crippen LogP contribution in [-0.2, 0) is 14.4 Å². The highest BCUT2D eigenvalue weighted by molar-refractivity contribution is 6.06. The van der Waals surface area contributed by atoms with E-state index in [4.69, 9.17) is 0 Å². The molecule has 0 unspecified atom stereocenters. The molecule has 0 aromatic carbocycles. The molecular formula is C19H36N5O4+. The van der Waals surface area contributed by atoms with Gasteiger partial charge in [-0.3, -0.25) is 19.3 Å². The van der Waals surface area contributed by atoms with E-state index in [1.807, 2.05) is 14.1 Å². The van der Waals surface area contributed by atoms with Crippen molar-refractivity contribution in [2.45, 2.75) is 40.2 Å². The van der Waals surface area contributed by atoms with E-state index in [1.165, 1.54) is 0 Å². The third-order valence-electron chi connectivity index (χ3n) is 4.29. The van der Waals surface area contributed by atoms with Gasteiger partial charge in [0.2, 0.25) is 5.91 Å². The number of hydrogen-bond acceptors (Lipinski definition) is 4. The average molecular weight is 399 g/mol. The van der Waals surface area contributed by atoms with Crippen LogP contribution in [0.25, 0.3) is 0 Å². The van der Waals surface area contributed by atoms with Crippen molar-refractivity contribution in [2.75, 3.05) is 46.8 Å². The Morgan fingerprint density at radius 2 is 1.79 bits per heavy atom. The first-order chi connectivity index (χ1) is 12.4. The summed E-state index contributed by atoms with van der Waals surface area (Å²) in [5.41, 5.74) is -0.434. The van der Waals surface area contributed by atoms with Gasteiger partial charge in [0, 0.05) is 31.6 Å². The SMILES string of the molecule is C.C=C(C)C(=O)NCCC[N+](C)(C)CC(=O)NCCN1C(=O)NC(C)(C)C1=O. The van der Waals surface area contributed by atoms with E-state index in [1.54, 1.807) is 20.8 Å². The van der Waals surface area contributed by atoms with E-state index in [2.05, 4.69) is 22.5 Å². The van der Waals surface area contributed by atoms with Crippen molar-refractivity contribution in [3.05, 3.63) is 12.2 Å². The van der Waals surface area contributed by atoms with Crippen molar-refractivity contribution in [3.63, 3.8) is 0 Å². The lowest BCUT2D eigenvalue weighted by Gasteiger charge is -2.29. The lowest BCUT2D eigenvalue weighted by atomic mass is 10.1. The molecular weight excluding hydrogens is 362 g/mol. The van der Waals surface area contributed by atoms with Gasteiger partial charge in [-0.1, -0.05) is 14.0 Å². The third kappa shape index (κ3) is 7.67. The summed E-state index contributed by atoms with van der Waals surface area (Å²) in [6.45, 7) is 10.4. The average Bonchev–Trinajstić information content (AvgIpc) is 2.72. The van der Waals surface area contributed by atoms with Crippen LogP contribution in [0.1, 0.15) is 34.6 Å². The summed E-state index contributed by atoms with van der Waals surface area (Å²) in [6.07, 6.45) is 0.733. The minimum Gasteiger partial charge on any atom is -0.352 e. The predicted octanol–water partition coefficient (Wildman–Crippen LogP) is 0.228. The summed E-state index contributed by atoms with van der Waals surface area (Å²) in [7, 11) is 3.86. The van der Waals surface area contributed by atoms with E-state index in [9.17, 15) is 19.2 Å². The van der Waals surface area contributed by atoms with E-state index in [0.717, 1.165) is 11.3 Å². The van der Waals surface area contributed by atoms with E-state index in [0.29, 0.717) is 23.1 Å². The Bertz CT molecular complexity index is 628. The number of imide groups is 1. The third-order valence-corrected chi connectivity index (χ3v) is 4.29. The summed E-state index contributed by atoms with van der Waals surface area (Å²) >= 11 is 0. The monoisotopic (exact) mass is 398 g/mol. The van der Waals surface area contributed by atoms with Gasteiger partial charge in [-0.25, -0.2) is 4.79 Å². The second-order valence-corrected chi connectivity index (χ2v) is 8.07. The normalized spacial score (nSPS) is 15.5. The largest absolute Gasteiger partial charge is 0.352 e. The number of carbonyl (C=O) groups excluding carboxylic acids is 4. The maximum atomic E-state index is 12.1. The highest BCUT2D eigenvalue weighted by Crippen LogP contribution is 2.15. The number of likely N-dealkylation sites (N-methyl/N-ethyl adjacent to an activating group) is 1. The van der Waals surface area contributed by atoms with Crippen LogP contribution in [0.3, 0.4) is 0 Å². The standard InChI is InChI=1S/C18H31N5O4.CH4/c1-13(2)15(25)20-8-7-11-23(5,6)12-14(24)19-9-10-22-16(26)18(3,4)21-17(22)27;/h1,7-12H2,2-6H3,(H2-,19,20,21,24,25,27);1H4/p+1. The second-order valence-electron chi connectivity index (χ2n) is 8.07. The highest BCUT2D eigenvalue weighted by Gasteiger charge is 2.43. The second kappa shape index (κ2) is 10.2. The van der Waals surface area contributed by atoms with Gasteiger partial charge < -0.3 is 20.4 Å². The topological polar surface area (TPSA) is 108 Å². The van der Waals surface area contributed by atoms with Gasteiger partial charge in [0.05, 0.1) is 20.6 Å². The first kappa shape index (κ1) is 25.6. The van der Waals surface area contributed by atoms with Crippen LogP contribution in [0.15, 0.2) is 12.2 Å². The molecule has 9 heteroatoms. The molecule has 1 aliphatic heterocycles. The van der Waals surface area contributed by atoms with Gasteiger partial charge in [-0.15, -0.1) is 0 Å². The fraction of sp³-hybridized carbons (Fsp3) is 0.684. The van der Waals surface area contributed by atoms with Crippen molar-refractivity contribution >= 4 is 23.8 Å². The molecule has 0 aromatic rings. The van der Waals surface area contributed by atoms with Crippen molar-refractivity contribution in [2.24, 2.45) is 0 Å². The lowest BCUT2D eigenvalue weighted by molar-refractivity contribution is -0.882. The summed E-state index contributed by atoms with van der Waals surface area (Å²) in [5.74, 6) is -0.617. The molecule has 0 aromatic heterocycles. The van der Waals surface area contributed by atoms with E-state index >= 15 is 0 Å². The first-order valence-corrected chi connectivity index (χ1v) is 9.02. The Balaban J connectivity index is 0.00000729. The maximum Gasteiger partial charge on any atom is 0.325 e. The Kier molecular flexibility index (Phi) is 9.33. The zero-order chi connectivity index (χ0) is 20.8. The molecule has 1 rings (SSSR count). The zero-order valence-corrected chi connectivity index (χ0v) is 17.0. The number of nitrogens with one attached hydrogen (secondary N) is 3. The van der Waals surface area contributed by atoms with Crippen molar-refractivity contribution in [1.29, 1.82) is 0 Å². The molecule has 0 radical (unpaired) electrons. The van der Waals surface area contributed by atoms with Crippen LogP contribution in [0, 0.1) is 0 Å². The number of hydrogen-bond donors (Lipinski definition) is 3. The smallest absolute Gasteiger partial charge is 0.325 e. The predicted molar refractivity (Wildman–Crippen MR) is 108 cm³/mol. The molecule has 1 fully saturated rings. The molecule has 28 heavy (non-hydrogen) atoms. The fourth-order valence-electron chi connectivity index (χ4n) is 2.71. The molecule has 0 saturated carbocycles. The van der Waals surface area contributed by atoms with Gasteiger partial charge in [0.25, 0.3) is 11.8 Å². The van der Waals surface area contributed by atoms with Crippen LogP contribution < -0.4 is 16.0 Å². The molecule has 3 N–H and O–H groups in total.